The molecular weight excluding hydrogens is 122 g/mol. The summed E-state index contributed by atoms with van der Waals surface area (Å²) in [5.41, 5.74) is 2.68. The minimum Gasteiger partial charge on any atom is -0.202 e. The summed E-state index contributed by atoms with van der Waals surface area (Å²) in [6.07, 6.45) is 0. The van der Waals surface area contributed by atoms with Crippen LogP contribution in [0.25, 0.3) is 0 Å². The fourth-order valence-corrected chi connectivity index (χ4v) is 0.807. The van der Waals surface area contributed by atoms with Crippen molar-refractivity contribution in [2.75, 3.05) is 0 Å². The number of nitriles is 1. The second-order valence-electron chi connectivity index (χ2n) is 2.16. The lowest BCUT2D eigenvalue weighted by atomic mass is 10.2. The molecule has 0 heterocycles. The van der Waals surface area contributed by atoms with E-state index in [1.54, 1.807) is 0 Å². The first kappa shape index (κ1) is 8.71. The zero-order valence-corrected chi connectivity index (χ0v) is 6.33. The topological polar surface area (TPSA) is 23.8 Å². The molecule has 10 heavy (non-hydrogen) atoms. The van der Waals surface area contributed by atoms with E-state index in [0.29, 0.717) is 0 Å². The summed E-state index contributed by atoms with van der Waals surface area (Å²) in [7, 11) is 0. The van der Waals surface area contributed by atoms with Gasteiger partial charge in [-0.3, -0.25) is 0 Å². The lowest BCUT2D eigenvalue weighted by Gasteiger charge is -1.90. The van der Waals surface area contributed by atoms with Crippen molar-refractivity contribution in [3.63, 3.8) is 0 Å². The second-order valence-corrected chi connectivity index (χ2v) is 2.16. The lowest BCUT2D eigenvalue weighted by molar-refractivity contribution is 1.39. The van der Waals surface area contributed by atoms with E-state index in [2.05, 4.69) is 44.7 Å². The molecule has 0 aliphatic rings. The predicted molar refractivity (Wildman–Crippen MR) is 42.6 cm³/mol. The highest BCUT2D eigenvalue weighted by Crippen LogP contribution is 2.00. The largest absolute Gasteiger partial charge is 0.202 e. The smallest absolute Gasteiger partial charge is 0.0462 e. The minimum atomic E-state index is 1.34. The van der Waals surface area contributed by atoms with E-state index in [4.69, 9.17) is 5.26 Å². The monoisotopic (exact) mass is 133 g/mol. The third-order valence-corrected chi connectivity index (χ3v) is 1.17. The summed E-state index contributed by atoms with van der Waals surface area (Å²) in [6, 6.07) is 8.45. The van der Waals surface area contributed by atoms with Crippen LogP contribution in [0.15, 0.2) is 24.3 Å². The molecule has 0 saturated heterocycles. The Bertz CT molecular complexity index is 196. The Labute approximate surface area is 61.9 Å². The fraction of sp³-hybridized carbons (Fsp3) is 0.222. The molecule has 52 valence electrons. The summed E-state index contributed by atoms with van der Waals surface area (Å²) < 4.78 is 0. The van der Waals surface area contributed by atoms with Crippen molar-refractivity contribution in [3.05, 3.63) is 35.4 Å². The SMILES string of the molecule is C#N.Cc1cccc(C)c1. The molecule has 0 aliphatic carbocycles. The Morgan fingerprint density at radius 3 is 1.70 bits per heavy atom. The molecule has 0 bridgehead atoms. The Hall–Kier alpha value is -1.29. The van der Waals surface area contributed by atoms with E-state index in [-0.39, 0.29) is 0 Å². The molecule has 0 aliphatic heterocycles. The van der Waals surface area contributed by atoms with E-state index in [1.165, 1.54) is 11.1 Å². The van der Waals surface area contributed by atoms with Crippen LogP contribution >= 0.6 is 0 Å². The molecule has 1 aromatic rings. The van der Waals surface area contributed by atoms with Crippen molar-refractivity contribution in [1.29, 1.82) is 5.26 Å². The summed E-state index contributed by atoms with van der Waals surface area (Å²) in [4.78, 5) is 0. The van der Waals surface area contributed by atoms with Crippen molar-refractivity contribution in [2.45, 2.75) is 13.8 Å². The second kappa shape index (κ2) is 4.58. The first-order valence-corrected chi connectivity index (χ1v) is 3.08. The van der Waals surface area contributed by atoms with Gasteiger partial charge in [-0.05, 0) is 13.8 Å². The van der Waals surface area contributed by atoms with Gasteiger partial charge in [0.05, 0.1) is 0 Å². The van der Waals surface area contributed by atoms with Crippen molar-refractivity contribution in [3.8, 4) is 6.57 Å². The zero-order chi connectivity index (χ0) is 7.98. The summed E-state index contributed by atoms with van der Waals surface area (Å²) in [6.45, 7) is 7.71. The number of nitrogens with zero attached hydrogens (tertiary/aromatic N) is 1. The van der Waals surface area contributed by atoms with Gasteiger partial charge in [-0.1, -0.05) is 35.4 Å². The Morgan fingerprint density at radius 1 is 1.10 bits per heavy atom. The van der Waals surface area contributed by atoms with Crippen LogP contribution in [0, 0.1) is 25.7 Å². The normalized spacial score (nSPS) is 7.60. The van der Waals surface area contributed by atoms with E-state index in [1.807, 2.05) is 0 Å². The number of hydrogen-bond acceptors (Lipinski definition) is 1. The molecule has 1 aromatic carbocycles. The number of benzene rings is 1. The molecule has 0 radical (unpaired) electrons. The standard InChI is InChI=1S/C8H10.CHN/c1-7-4-3-5-8(2)6-7;1-2/h3-6H,1-2H3;1H. The molecule has 1 heteroatoms. The van der Waals surface area contributed by atoms with Crippen molar-refractivity contribution in [1.82, 2.24) is 0 Å². The van der Waals surface area contributed by atoms with Gasteiger partial charge in [-0.25, -0.2) is 5.26 Å². The summed E-state index contributed by atoms with van der Waals surface area (Å²) in [5.74, 6) is 0. The minimum absolute atomic E-state index is 1.34. The average Bonchev–Trinajstić information content (AvgIpc) is 1.91. The third kappa shape index (κ3) is 2.88. The lowest BCUT2D eigenvalue weighted by Crippen LogP contribution is -1.71. The van der Waals surface area contributed by atoms with Crippen molar-refractivity contribution in [2.24, 2.45) is 0 Å². The molecule has 0 N–H and O–H groups in total. The molecular formula is C9H11N. The maximum absolute atomic E-state index is 6.50. The Balaban J connectivity index is 0.000000371. The van der Waals surface area contributed by atoms with E-state index >= 15 is 0 Å². The molecule has 0 saturated carbocycles. The van der Waals surface area contributed by atoms with Gasteiger partial charge >= 0.3 is 0 Å². The highest BCUT2D eigenvalue weighted by atomic mass is 14.2. The van der Waals surface area contributed by atoms with Gasteiger partial charge in [0.15, 0.2) is 0 Å². The van der Waals surface area contributed by atoms with Gasteiger partial charge in [0.25, 0.3) is 0 Å². The quantitative estimate of drug-likeness (QED) is 0.533. The van der Waals surface area contributed by atoms with Gasteiger partial charge in [-0.2, -0.15) is 0 Å². The predicted octanol–water partition coefficient (Wildman–Crippen LogP) is 2.44. The first-order chi connectivity index (χ1) is 4.79. The van der Waals surface area contributed by atoms with Gasteiger partial charge in [0, 0.05) is 6.57 Å². The summed E-state index contributed by atoms with van der Waals surface area (Å²) in [5, 5.41) is 6.50. The number of rotatable bonds is 0. The van der Waals surface area contributed by atoms with Crippen LogP contribution in [0.5, 0.6) is 0 Å². The van der Waals surface area contributed by atoms with Crippen LogP contribution in [0.3, 0.4) is 0 Å². The average molecular weight is 133 g/mol. The molecule has 0 spiro atoms. The van der Waals surface area contributed by atoms with Gasteiger partial charge in [0.1, 0.15) is 0 Å². The van der Waals surface area contributed by atoms with Crippen LogP contribution in [-0.4, -0.2) is 0 Å². The van der Waals surface area contributed by atoms with Crippen molar-refractivity contribution >= 4 is 0 Å². The third-order valence-electron chi connectivity index (χ3n) is 1.17. The van der Waals surface area contributed by atoms with Crippen LogP contribution in [0.4, 0.5) is 0 Å². The summed E-state index contributed by atoms with van der Waals surface area (Å²) >= 11 is 0. The molecule has 1 rings (SSSR count). The zero-order valence-electron chi connectivity index (χ0n) is 6.33. The van der Waals surface area contributed by atoms with Crippen LogP contribution in [0.1, 0.15) is 11.1 Å². The van der Waals surface area contributed by atoms with E-state index in [0.717, 1.165) is 0 Å². The van der Waals surface area contributed by atoms with Crippen molar-refractivity contribution < 1.29 is 0 Å². The van der Waals surface area contributed by atoms with Crippen LogP contribution in [0.2, 0.25) is 0 Å². The maximum Gasteiger partial charge on any atom is 0.0462 e. The Kier molecular flexibility index (Phi) is 3.99. The highest BCUT2D eigenvalue weighted by Gasteiger charge is 1.80. The van der Waals surface area contributed by atoms with Crippen LogP contribution < -0.4 is 0 Å². The molecule has 0 aromatic heterocycles. The Morgan fingerprint density at radius 2 is 1.50 bits per heavy atom. The molecule has 0 amide bonds. The molecule has 0 atom stereocenters. The number of hydrogen-bond donors (Lipinski definition) is 0. The fourth-order valence-electron chi connectivity index (χ4n) is 0.807. The molecule has 0 fully saturated rings. The molecule has 0 unspecified atom stereocenters. The van der Waals surface area contributed by atoms with Gasteiger partial charge in [0.2, 0.25) is 0 Å². The van der Waals surface area contributed by atoms with E-state index in [9.17, 15) is 0 Å². The van der Waals surface area contributed by atoms with E-state index < -0.39 is 0 Å². The van der Waals surface area contributed by atoms with Gasteiger partial charge < -0.3 is 0 Å². The highest BCUT2D eigenvalue weighted by molar-refractivity contribution is 5.20. The van der Waals surface area contributed by atoms with Gasteiger partial charge in [-0.15, -0.1) is 0 Å². The molecule has 1 nitrogen and oxygen atoms in total. The number of aryl methyl sites for hydroxylation is 2. The maximum atomic E-state index is 6.50. The van der Waals surface area contributed by atoms with Crippen LogP contribution in [-0.2, 0) is 0 Å². The first-order valence-electron chi connectivity index (χ1n) is 3.08.